The molecule has 2 rings (SSSR count). The van der Waals surface area contributed by atoms with E-state index in [1.165, 1.54) is 6.42 Å². The van der Waals surface area contributed by atoms with Crippen LogP contribution in [0.1, 0.15) is 53.9 Å². The molecule has 2 saturated carbocycles. The van der Waals surface area contributed by atoms with E-state index < -0.39 is 4.87 Å². The SMILES string of the molecule is CC(C)(Cl)C(=O)OC1CC2CCC1(C)C2(C)C. The number of halogens is 1. The molecule has 0 aromatic carbocycles. The van der Waals surface area contributed by atoms with Crippen LogP contribution in [0.3, 0.4) is 0 Å². The number of hydrogen-bond acceptors (Lipinski definition) is 2. The maximum absolute atomic E-state index is 11.9. The molecule has 0 amide bonds. The number of carbonyl (C=O) groups excluding carboxylic acids is 1. The summed E-state index contributed by atoms with van der Waals surface area (Å²) in [5.74, 6) is 0.400. The van der Waals surface area contributed by atoms with Gasteiger partial charge in [0, 0.05) is 5.41 Å². The average molecular weight is 259 g/mol. The average Bonchev–Trinajstić information content (AvgIpc) is 2.49. The quantitative estimate of drug-likeness (QED) is 0.557. The van der Waals surface area contributed by atoms with Crippen molar-refractivity contribution in [1.29, 1.82) is 0 Å². The van der Waals surface area contributed by atoms with Gasteiger partial charge in [0.2, 0.25) is 0 Å². The molecule has 17 heavy (non-hydrogen) atoms. The lowest BCUT2D eigenvalue weighted by molar-refractivity contribution is -0.159. The first-order valence-corrected chi connectivity index (χ1v) is 6.87. The van der Waals surface area contributed by atoms with E-state index in [9.17, 15) is 4.79 Å². The Balaban J connectivity index is 2.14. The predicted molar refractivity (Wildman–Crippen MR) is 69.0 cm³/mol. The van der Waals surface area contributed by atoms with Gasteiger partial charge in [-0.2, -0.15) is 0 Å². The first-order chi connectivity index (χ1) is 7.59. The zero-order valence-corrected chi connectivity index (χ0v) is 12.2. The number of carbonyl (C=O) groups is 1. The Labute approximate surface area is 109 Å². The Bertz CT molecular complexity index is 343. The Kier molecular flexibility index (Phi) is 2.82. The van der Waals surface area contributed by atoms with Crippen LogP contribution < -0.4 is 0 Å². The van der Waals surface area contributed by atoms with Crippen molar-refractivity contribution in [2.45, 2.75) is 64.9 Å². The molecular formula is C14H23ClO2. The Morgan fingerprint density at radius 3 is 2.29 bits per heavy atom. The van der Waals surface area contributed by atoms with E-state index in [0.29, 0.717) is 5.92 Å². The molecule has 0 aromatic heterocycles. The van der Waals surface area contributed by atoms with E-state index in [4.69, 9.17) is 16.3 Å². The lowest BCUT2D eigenvalue weighted by atomic mass is 9.70. The maximum atomic E-state index is 11.9. The van der Waals surface area contributed by atoms with Crippen molar-refractivity contribution in [3.63, 3.8) is 0 Å². The fourth-order valence-corrected chi connectivity index (χ4v) is 3.62. The molecule has 0 aromatic rings. The highest BCUT2D eigenvalue weighted by atomic mass is 35.5. The van der Waals surface area contributed by atoms with Crippen LogP contribution in [-0.2, 0) is 9.53 Å². The second-order valence-corrected chi connectivity index (χ2v) is 7.92. The molecule has 0 radical (unpaired) electrons. The molecule has 0 N–H and O–H groups in total. The molecule has 2 bridgehead atoms. The first kappa shape index (κ1) is 13.2. The van der Waals surface area contributed by atoms with Crippen molar-refractivity contribution < 1.29 is 9.53 Å². The van der Waals surface area contributed by atoms with Crippen LogP contribution in [0.4, 0.5) is 0 Å². The maximum Gasteiger partial charge on any atom is 0.326 e. The van der Waals surface area contributed by atoms with Gasteiger partial charge in [-0.25, -0.2) is 0 Å². The number of ether oxygens (including phenoxy) is 1. The molecule has 0 heterocycles. The van der Waals surface area contributed by atoms with Crippen LogP contribution in [0.25, 0.3) is 0 Å². The third kappa shape index (κ3) is 1.80. The van der Waals surface area contributed by atoms with Crippen LogP contribution >= 0.6 is 11.6 Å². The Hall–Kier alpha value is -0.240. The highest BCUT2D eigenvalue weighted by Gasteiger charge is 2.63. The van der Waals surface area contributed by atoms with Gasteiger partial charge in [-0.1, -0.05) is 20.8 Å². The summed E-state index contributed by atoms with van der Waals surface area (Å²) >= 11 is 6.01. The molecule has 0 spiro atoms. The van der Waals surface area contributed by atoms with Gasteiger partial charge in [-0.3, -0.25) is 4.79 Å². The summed E-state index contributed by atoms with van der Waals surface area (Å²) in [4.78, 5) is 11.0. The van der Waals surface area contributed by atoms with E-state index in [-0.39, 0.29) is 22.9 Å². The molecule has 3 heteroatoms. The van der Waals surface area contributed by atoms with Crippen molar-refractivity contribution in [1.82, 2.24) is 0 Å². The largest absolute Gasteiger partial charge is 0.460 e. The van der Waals surface area contributed by atoms with E-state index in [1.807, 2.05) is 0 Å². The fraction of sp³-hybridized carbons (Fsp3) is 0.929. The lowest BCUT2D eigenvalue weighted by Gasteiger charge is -2.39. The minimum Gasteiger partial charge on any atom is -0.460 e. The number of fused-ring (bicyclic) bond motifs is 2. The van der Waals surface area contributed by atoms with Crippen LogP contribution in [-0.4, -0.2) is 16.9 Å². The van der Waals surface area contributed by atoms with Crippen molar-refractivity contribution in [2.75, 3.05) is 0 Å². The standard InChI is InChI=1S/C14H23ClO2/c1-12(2)9-6-7-14(12,5)10(8-9)17-11(16)13(3,4)15/h9-10H,6-8H2,1-5H3. The van der Waals surface area contributed by atoms with E-state index in [2.05, 4.69) is 20.8 Å². The fourth-order valence-electron chi connectivity index (χ4n) is 3.58. The summed E-state index contributed by atoms with van der Waals surface area (Å²) in [6.07, 6.45) is 3.47. The summed E-state index contributed by atoms with van der Waals surface area (Å²) in [7, 11) is 0. The normalized spacial score (nSPS) is 39.4. The number of alkyl halides is 1. The lowest BCUT2D eigenvalue weighted by Crippen LogP contribution is -2.41. The molecule has 3 atom stereocenters. The number of hydrogen-bond donors (Lipinski definition) is 0. The third-order valence-corrected chi connectivity index (χ3v) is 5.60. The van der Waals surface area contributed by atoms with Gasteiger partial charge in [0.15, 0.2) is 0 Å². The topological polar surface area (TPSA) is 26.3 Å². The smallest absolute Gasteiger partial charge is 0.326 e. The van der Waals surface area contributed by atoms with Gasteiger partial charge in [0.1, 0.15) is 11.0 Å². The van der Waals surface area contributed by atoms with Crippen LogP contribution in [0, 0.1) is 16.7 Å². The van der Waals surface area contributed by atoms with Crippen LogP contribution in [0.5, 0.6) is 0 Å². The number of rotatable bonds is 2. The first-order valence-electron chi connectivity index (χ1n) is 6.49. The minimum absolute atomic E-state index is 0.0433. The highest BCUT2D eigenvalue weighted by Crippen LogP contribution is 2.66. The molecule has 98 valence electrons. The van der Waals surface area contributed by atoms with Crippen molar-refractivity contribution in [3.05, 3.63) is 0 Å². The molecule has 3 unspecified atom stereocenters. The number of esters is 1. The summed E-state index contributed by atoms with van der Waals surface area (Å²) in [5.41, 5.74) is 0.393. The van der Waals surface area contributed by atoms with Crippen molar-refractivity contribution in [3.8, 4) is 0 Å². The molecule has 2 aliphatic carbocycles. The van der Waals surface area contributed by atoms with Gasteiger partial charge in [-0.15, -0.1) is 11.6 Å². The third-order valence-electron chi connectivity index (χ3n) is 5.45. The molecular weight excluding hydrogens is 236 g/mol. The minimum atomic E-state index is -0.914. The van der Waals surface area contributed by atoms with Gasteiger partial charge >= 0.3 is 5.97 Å². The zero-order valence-electron chi connectivity index (χ0n) is 11.5. The molecule has 0 aliphatic heterocycles. The summed E-state index contributed by atoms with van der Waals surface area (Å²) in [6.45, 7) is 10.3. The molecule has 2 fully saturated rings. The molecule has 2 aliphatic rings. The molecule has 0 saturated heterocycles. The highest BCUT2D eigenvalue weighted by molar-refractivity contribution is 6.33. The monoisotopic (exact) mass is 258 g/mol. The Morgan fingerprint density at radius 2 is 1.94 bits per heavy atom. The second kappa shape index (κ2) is 3.63. The van der Waals surface area contributed by atoms with Crippen molar-refractivity contribution >= 4 is 17.6 Å². The summed E-state index contributed by atoms with van der Waals surface area (Å²) in [6, 6.07) is 0. The van der Waals surface area contributed by atoms with E-state index >= 15 is 0 Å². The predicted octanol–water partition coefficient (Wildman–Crippen LogP) is 3.76. The van der Waals surface area contributed by atoms with Gasteiger partial charge in [0.05, 0.1) is 0 Å². The molecule has 2 nitrogen and oxygen atoms in total. The van der Waals surface area contributed by atoms with E-state index in [1.54, 1.807) is 13.8 Å². The van der Waals surface area contributed by atoms with Gasteiger partial charge in [0.25, 0.3) is 0 Å². The van der Waals surface area contributed by atoms with Crippen LogP contribution in [0.15, 0.2) is 0 Å². The summed E-state index contributed by atoms with van der Waals surface area (Å²) in [5, 5.41) is 0. The van der Waals surface area contributed by atoms with E-state index in [0.717, 1.165) is 12.8 Å². The van der Waals surface area contributed by atoms with Crippen molar-refractivity contribution in [2.24, 2.45) is 16.7 Å². The van der Waals surface area contributed by atoms with Gasteiger partial charge < -0.3 is 4.74 Å². The Morgan fingerprint density at radius 1 is 1.35 bits per heavy atom. The second-order valence-electron chi connectivity index (χ2n) is 6.98. The van der Waals surface area contributed by atoms with Crippen LogP contribution in [0.2, 0.25) is 0 Å². The van der Waals surface area contributed by atoms with Gasteiger partial charge in [-0.05, 0) is 44.4 Å². The zero-order chi connectivity index (χ0) is 13.1. The summed E-state index contributed by atoms with van der Waals surface area (Å²) < 4.78 is 5.68.